The maximum atomic E-state index is 14.1. The minimum Gasteiger partial charge on any atom is -0.497 e. The van der Waals surface area contributed by atoms with E-state index in [9.17, 15) is 4.79 Å². The molecule has 2 amide bonds. The molecule has 0 aliphatic carbocycles. The third-order valence-electron chi connectivity index (χ3n) is 7.08. The number of rotatable bonds is 5. The molecule has 3 aromatic carbocycles. The number of anilines is 1. The number of carbonyl (C=O) groups excluding carboxylic acids is 1. The van der Waals surface area contributed by atoms with Crippen molar-refractivity contribution in [3.63, 3.8) is 0 Å². The molecular formula is C31H29N5O3. The van der Waals surface area contributed by atoms with Crippen LogP contribution in [0.4, 0.5) is 10.5 Å². The lowest BCUT2D eigenvalue weighted by Gasteiger charge is -2.31. The number of aryl methyl sites for hydroxylation is 1. The van der Waals surface area contributed by atoms with Gasteiger partial charge in [0, 0.05) is 23.5 Å². The number of aromatic nitrogens is 3. The second-order valence-corrected chi connectivity index (χ2v) is 9.41. The fourth-order valence-corrected chi connectivity index (χ4v) is 5.21. The molecule has 196 valence electrons. The van der Waals surface area contributed by atoms with Gasteiger partial charge in [-0.3, -0.25) is 0 Å². The smallest absolute Gasteiger partial charge is 0.322 e. The molecule has 0 spiro atoms. The Morgan fingerprint density at radius 3 is 2.41 bits per heavy atom. The first-order chi connectivity index (χ1) is 19.1. The van der Waals surface area contributed by atoms with Crippen molar-refractivity contribution in [3.05, 3.63) is 120 Å². The molecule has 5 aromatic rings. The van der Waals surface area contributed by atoms with Crippen LogP contribution >= 0.6 is 0 Å². The first-order valence-electron chi connectivity index (χ1n) is 12.7. The van der Waals surface area contributed by atoms with Crippen LogP contribution in [-0.2, 0) is 6.54 Å². The quantitative estimate of drug-likeness (QED) is 0.303. The zero-order valence-corrected chi connectivity index (χ0v) is 22.0. The Kier molecular flexibility index (Phi) is 6.28. The number of ether oxygens (including phenoxy) is 2. The topological polar surface area (TPSA) is 73.5 Å². The summed E-state index contributed by atoms with van der Waals surface area (Å²) >= 11 is 0. The van der Waals surface area contributed by atoms with Gasteiger partial charge < -0.3 is 24.3 Å². The first-order valence-corrected chi connectivity index (χ1v) is 12.7. The summed E-state index contributed by atoms with van der Waals surface area (Å²) in [7, 11) is 3.26. The third kappa shape index (κ3) is 4.40. The Hall–Kier alpha value is -4.98. The number of nitrogens with zero attached hydrogens (tertiary/aromatic N) is 4. The summed E-state index contributed by atoms with van der Waals surface area (Å²) in [6.45, 7) is 2.35. The van der Waals surface area contributed by atoms with E-state index in [2.05, 4.69) is 16.0 Å². The number of hydrogen-bond acceptors (Lipinski definition) is 4. The Balaban J connectivity index is 1.53. The average molecular weight is 520 g/mol. The molecule has 0 radical (unpaired) electrons. The highest BCUT2D eigenvalue weighted by Gasteiger charge is 2.36. The summed E-state index contributed by atoms with van der Waals surface area (Å²) in [5.74, 6) is 2.32. The number of carbonyl (C=O) groups is 1. The Morgan fingerprint density at radius 2 is 1.64 bits per heavy atom. The number of nitrogens with one attached hydrogen (secondary N) is 1. The van der Waals surface area contributed by atoms with Crippen molar-refractivity contribution in [1.82, 2.24) is 19.2 Å². The van der Waals surface area contributed by atoms with E-state index in [4.69, 9.17) is 14.6 Å². The number of hydrogen-bond donors (Lipinski definition) is 1. The van der Waals surface area contributed by atoms with Crippen LogP contribution in [0.5, 0.6) is 11.5 Å². The van der Waals surface area contributed by atoms with Crippen LogP contribution in [-0.4, -0.2) is 39.5 Å². The maximum absolute atomic E-state index is 14.1. The van der Waals surface area contributed by atoms with Gasteiger partial charge in [0.2, 0.25) is 0 Å². The molecule has 8 nitrogen and oxygen atoms in total. The largest absolute Gasteiger partial charge is 0.497 e. The van der Waals surface area contributed by atoms with Gasteiger partial charge in [-0.2, -0.15) is 5.10 Å². The molecule has 8 heteroatoms. The summed E-state index contributed by atoms with van der Waals surface area (Å²) in [6, 6.07) is 28.7. The molecule has 3 heterocycles. The third-order valence-corrected chi connectivity index (χ3v) is 7.08. The van der Waals surface area contributed by atoms with Gasteiger partial charge in [0.05, 0.1) is 43.9 Å². The standard InChI is InChI=1S/C31H29N5O3/c1-21-27-20-35(31(37)32-23-11-8-15-26(19-23)39-3)29(22-10-7-14-25(18-22)38-2)28-16-9-17-34(28)30(27)36(33-21)24-12-5-4-6-13-24/h4-19,29H,20H2,1-3H3,(H,32,37)/t29-/m0/s1. The molecule has 1 atom stereocenters. The summed E-state index contributed by atoms with van der Waals surface area (Å²) in [6.07, 6.45) is 2.03. The van der Waals surface area contributed by atoms with E-state index in [0.29, 0.717) is 18.0 Å². The predicted octanol–water partition coefficient (Wildman–Crippen LogP) is 6.13. The monoisotopic (exact) mass is 519 g/mol. The van der Waals surface area contributed by atoms with Crippen LogP contribution in [0.1, 0.15) is 28.6 Å². The maximum Gasteiger partial charge on any atom is 0.322 e. The summed E-state index contributed by atoms with van der Waals surface area (Å²) in [5, 5.41) is 8.00. The first kappa shape index (κ1) is 24.4. The Labute approximate surface area is 227 Å². The Morgan fingerprint density at radius 1 is 0.897 bits per heavy atom. The Bertz CT molecular complexity index is 1640. The fourth-order valence-electron chi connectivity index (χ4n) is 5.21. The molecule has 0 saturated carbocycles. The minimum absolute atomic E-state index is 0.233. The number of fused-ring (bicyclic) bond motifs is 3. The highest BCUT2D eigenvalue weighted by Crippen LogP contribution is 2.39. The summed E-state index contributed by atoms with van der Waals surface area (Å²) in [4.78, 5) is 16.0. The van der Waals surface area contributed by atoms with Gasteiger partial charge in [0.15, 0.2) is 0 Å². The van der Waals surface area contributed by atoms with E-state index in [1.807, 2.05) is 108 Å². The van der Waals surface area contributed by atoms with Crippen LogP contribution in [0, 0.1) is 6.92 Å². The van der Waals surface area contributed by atoms with Crippen molar-refractivity contribution in [3.8, 4) is 23.0 Å². The lowest BCUT2D eigenvalue weighted by Crippen LogP contribution is -2.38. The number of benzene rings is 3. The second-order valence-electron chi connectivity index (χ2n) is 9.41. The molecule has 0 fully saturated rings. The van der Waals surface area contributed by atoms with Gasteiger partial charge in [-0.1, -0.05) is 36.4 Å². The van der Waals surface area contributed by atoms with Crippen molar-refractivity contribution < 1.29 is 14.3 Å². The van der Waals surface area contributed by atoms with E-state index in [0.717, 1.165) is 39.8 Å². The van der Waals surface area contributed by atoms with Crippen molar-refractivity contribution in [1.29, 1.82) is 0 Å². The summed E-state index contributed by atoms with van der Waals surface area (Å²) in [5.41, 5.74) is 5.33. The molecule has 1 N–H and O–H groups in total. The summed E-state index contributed by atoms with van der Waals surface area (Å²) < 4.78 is 15.0. The normalized spacial score (nSPS) is 14.2. The molecule has 2 aromatic heterocycles. The fraction of sp³-hybridized carbons (Fsp3) is 0.161. The lowest BCUT2D eigenvalue weighted by molar-refractivity contribution is 0.194. The number of methoxy groups -OCH3 is 2. The van der Waals surface area contributed by atoms with E-state index >= 15 is 0 Å². The zero-order valence-electron chi connectivity index (χ0n) is 22.0. The highest BCUT2D eigenvalue weighted by molar-refractivity contribution is 5.90. The van der Waals surface area contributed by atoms with Crippen molar-refractivity contribution in [2.24, 2.45) is 0 Å². The van der Waals surface area contributed by atoms with Crippen LogP contribution in [0.15, 0.2) is 97.2 Å². The minimum atomic E-state index is -0.392. The molecule has 0 saturated heterocycles. The molecule has 0 bridgehead atoms. The van der Waals surface area contributed by atoms with E-state index in [-0.39, 0.29) is 6.03 Å². The van der Waals surface area contributed by atoms with Gasteiger partial charge in [0.1, 0.15) is 17.3 Å². The van der Waals surface area contributed by atoms with Gasteiger partial charge in [-0.25, -0.2) is 9.48 Å². The molecule has 6 rings (SSSR count). The van der Waals surface area contributed by atoms with Crippen LogP contribution in [0.2, 0.25) is 0 Å². The van der Waals surface area contributed by atoms with Gasteiger partial charge in [0.25, 0.3) is 0 Å². The molecule has 1 aliphatic rings. The van der Waals surface area contributed by atoms with Crippen LogP contribution < -0.4 is 14.8 Å². The molecular weight excluding hydrogens is 490 g/mol. The SMILES string of the molecule is COc1cccc(NC(=O)N2Cc3c(C)nn(-c4ccccc4)c3-n3cccc3[C@@H]2c2cccc(OC)c2)c1. The zero-order chi connectivity index (χ0) is 26.9. The second kappa shape index (κ2) is 10.1. The number of amides is 2. The van der Waals surface area contributed by atoms with E-state index in [1.165, 1.54) is 0 Å². The van der Waals surface area contributed by atoms with Crippen molar-refractivity contribution >= 4 is 11.7 Å². The lowest BCUT2D eigenvalue weighted by atomic mass is 10.0. The van der Waals surface area contributed by atoms with Crippen LogP contribution in [0.25, 0.3) is 11.5 Å². The van der Waals surface area contributed by atoms with Gasteiger partial charge >= 0.3 is 6.03 Å². The average Bonchev–Trinajstić information content (AvgIpc) is 3.53. The van der Waals surface area contributed by atoms with Crippen LogP contribution in [0.3, 0.4) is 0 Å². The van der Waals surface area contributed by atoms with Crippen molar-refractivity contribution in [2.45, 2.75) is 19.5 Å². The molecule has 0 unspecified atom stereocenters. The molecule has 39 heavy (non-hydrogen) atoms. The van der Waals surface area contributed by atoms with E-state index < -0.39 is 6.04 Å². The van der Waals surface area contributed by atoms with Crippen molar-refractivity contribution in [2.75, 3.05) is 19.5 Å². The van der Waals surface area contributed by atoms with Gasteiger partial charge in [-0.15, -0.1) is 0 Å². The van der Waals surface area contributed by atoms with Gasteiger partial charge in [-0.05, 0) is 61.0 Å². The number of para-hydroxylation sites is 1. The predicted molar refractivity (Wildman–Crippen MR) is 150 cm³/mol. The number of urea groups is 1. The molecule has 1 aliphatic heterocycles. The van der Waals surface area contributed by atoms with E-state index in [1.54, 1.807) is 14.2 Å². The highest BCUT2D eigenvalue weighted by atomic mass is 16.5.